The molecule has 0 spiro atoms. The normalized spacial score (nSPS) is 38.0. The molecule has 1 saturated carbocycles. The largest absolute Gasteiger partial charge is 0.380 e. The monoisotopic (exact) mass is 240 g/mol. The first kappa shape index (κ1) is 12.8. The van der Waals surface area contributed by atoms with Crippen LogP contribution < -0.4 is 10.6 Å². The second-order valence-corrected chi connectivity index (χ2v) is 5.53. The fourth-order valence-electron chi connectivity index (χ4n) is 2.95. The van der Waals surface area contributed by atoms with Crippen LogP contribution in [0.2, 0.25) is 0 Å². The van der Waals surface area contributed by atoms with Crippen LogP contribution in [0.5, 0.6) is 0 Å². The van der Waals surface area contributed by atoms with Crippen molar-refractivity contribution in [3.63, 3.8) is 0 Å². The zero-order valence-corrected chi connectivity index (χ0v) is 10.9. The van der Waals surface area contributed by atoms with Crippen LogP contribution in [0.1, 0.15) is 39.0 Å². The molecule has 2 fully saturated rings. The third-order valence-corrected chi connectivity index (χ3v) is 4.02. The van der Waals surface area contributed by atoms with E-state index in [-0.39, 0.29) is 18.1 Å². The molecule has 1 heterocycles. The van der Waals surface area contributed by atoms with Gasteiger partial charge in [-0.15, -0.1) is 0 Å². The predicted octanol–water partition coefficient (Wildman–Crippen LogP) is 1.06. The number of hydrogen-bond acceptors (Lipinski definition) is 3. The minimum Gasteiger partial charge on any atom is -0.380 e. The lowest BCUT2D eigenvalue weighted by Gasteiger charge is -2.28. The van der Waals surface area contributed by atoms with Gasteiger partial charge in [0.2, 0.25) is 5.91 Å². The Morgan fingerprint density at radius 3 is 2.82 bits per heavy atom. The molecule has 0 bridgehead atoms. The highest BCUT2D eigenvalue weighted by atomic mass is 16.5. The molecule has 0 aromatic heterocycles. The number of rotatable bonds is 3. The highest BCUT2D eigenvalue weighted by molar-refractivity contribution is 5.82. The van der Waals surface area contributed by atoms with Crippen LogP contribution in [-0.4, -0.2) is 37.7 Å². The summed E-state index contributed by atoms with van der Waals surface area (Å²) in [5, 5.41) is 6.40. The van der Waals surface area contributed by atoms with Gasteiger partial charge in [-0.05, 0) is 25.2 Å². The van der Waals surface area contributed by atoms with E-state index in [4.69, 9.17) is 4.74 Å². The van der Waals surface area contributed by atoms with Gasteiger partial charge in [-0.1, -0.05) is 19.8 Å². The van der Waals surface area contributed by atoms with Crippen molar-refractivity contribution in [1.29, 1.82) is 0 Å². The zero-order chi connectivity index (χ0) is 12.3. The van der Waals surface area contributed by atoms with Crippen molar-refractivity contribution >= 4 is 5.91 Å². The van der Waals surface area contributed by atoms with E-state index in [1.54, 1.807) is 7.11 Å². The molecule has 98 valence electrons. The SMILES string of the molecule is COC1CNC(C(=O)NC2CCCC(C)C2)C1. The van der Waals surface area contributed by atoms with Crippen molar-refractivity contribution in [1.82, 2.24) is 10.6 Å². The third-order valence-electron chi connectivity index (χ3n) is 4.02. The number of ether oxygens (including phenoxy) is 1. The van der Waals surface area contributed by atoms with Crippen LogP contribution in [0.4, 0.5) is 0 Å². The van der Waals surface area contributed by atoms with Gasteiger partial charge < -0.3 is 15.4 Å². The predicted molar refractivity (Wildman–Crippen MR) is 66.8 cm³/mol. The molecule has 1 saturated heterocycles. The van der Waals surface area contributed by atoms with E-state index in [2.05, 4.69) is 17.6 Å². The molecule has 1 aliphatic carbocycles. The molecule has 0 radical (unpaired) electrons. The van der Waals surface area contributed by atoms with Crippen LogP contribution in [0.3, 0.4) is 0 Å². The zero-order valence-electron chi connectivity index (χ0n) is 10.9. The van der Waals surface area contributed by atoms with Crippen molar-refractivity contribution in [3.8, 4) is 0 Å². The molecule has 0 aromatic rings. The standard InChI is InChI=1S/C13H24N2O2/c1-9-4-3-5-10(6-9)15-13(16)12-7-11(17-2)8-14-12/h9-12,14H,3-8H2,1-2H3,(H,15,16). The number of nitrogens with one attached hydrogen (secondary N) is 2. The minimum atomic E-state index is -0.0582. The second-order valence-electron chi connectivity index (χ2n) is 5.53. The van der Waals surface area contributed by atoms with Crippen molar-refractivity contribution in [2.24, 2.45) is 5.92 Å². The Hall–Kier alpha value is -0.610. The summed E-state index contributed by atoms with van der Waals surface area (Å²) in [6.07, 6.45) is 5.80. The molecule has 4 nitrogen and oxygen atoms in total. The summed E-state index contributed by atoms with van der Waals surface area (Å²) in [5.74, 6) is 0.904. The lowest BCUT2D eigenvalue weighted by atomic mass is 9.87. The van der Waals surface area contributed by atoms with Gasteiger partial charge in [0, 0.05) is 19.7 Å². The topological polar surface area (TPSA) is 50.4 Å². The molecule has 0 aromatic carbocycles. The molecule has 2 aliphatic rings. The maximum atomic E-state index is 12.1. The average molecular weight is 240 g/mol. The van der Waals surface area contributed by atoms with E-state index in [9.17, 15) is 4.79 Å². The highest BCUT2D eigenvalue weighted by Crippen LogP contribution is 2.23. The van der Waals surface area contributed by atoms with Crippen molar-refractivity contribution in [2.75, 3.05) is 13.7 Å². The summed E-state index contributed by atoms with van der Waals surface area (Å²) >= 11 is 0. The fraction of sp³-hybridized carbons (Fsp3) is 0.923. The Balaban J connectivity index is 1.77. The summed E-state index contributed by atoms with van der Waals surface area (Å²) in [6.45, 7) is 3.06. The number of hydrogen-bond donors (Lipinski definition) is 2. The van der Waals surface area contributed by atoms with Crippen LogP contribution in [0.25, 0.3) is 0 Å². The van der Waals surface area contributed by atoms with Crippen LogP contribution in [-0.2, 0) is 9.53 Å². The van der Waals surface area contributed by atoms with Crippen molar-refractivity contribution < 1.29 is 9.53 Å². The van der Waals surface area contributed by atoms with E-state index in [0.717, 1.165) is 31.7 Å². The molecule has 4 unspecified atom stereocenters. The summed E-state index contributed by atoms with van der Waals surface area (Å²) in [6, 6.07) is 0.326. The first-order valence-corrected chi connectivity index (χ1v) is 6.75. The Morgan fingerprint density at radius 2 is 2.18 bits per heavy atom. The molecule has 2 N–H and O–H groups in total. The fourth-order valence-corrected chi connectivity index (χ4v) is 2.95. The molecular weight excluding hydrogens is 216 g/mol. The molecular formula is C13H24N2O2. The highest BCUT2D eigenvalue weighted by Gasteiger charge is 2.31. The van der Waals surface area contributed by atoms with Gasteiger partial charge >= 0.3 is 0 Å². The maximum absolute atomic E-state index is 12.1. The quantitative estimate of drug-likeness (QED) is 0.775. The average Bonchev–Trinajstić information content (AvgIpc) is 2.77. The van der Waals surface area contributed by atoms with Crippen LogP contribution in [0.15, 0.2) is 0 Å². The van der Waals surface area contributed by atoms with E-state index in [1.165, 1.54) is 12.8 Å². The Kier molecular flexibility index (Phi) is 4.40. The van der Waals surface area contributed by atoms with E-state index in [0.29, 0.717) is 6.04 Å². The van der Waals surface area contributed by atoms with Gasteiger partial charge in [0.05, 0.1) is 12.1 Å². The number of carbonyl (C=O) groups excluding carboxylic acids is 1. The molecule has 1 amide bonds. The van der Waals surface area contributed by atoms with Gasteiger partial charge in [0.1, 0.15) is 0 Å². The minimum absolute atomic E-state index is 0.0582. The van der Waals surface area contributed by atoms with Gasteiger partial charge in [-0.25, -0.2) is 0 Å². The third kappa shape index (κ3) is 3.42. The lowest BCUT2D eigenvalue weighted by molar-refractivity contribution is -0.124. The first-order chi connectivity index (χ1) is 8.19. The van der Waals surface area contributed by atoms with E-state index in [1.807, 2.05) is 0 Å². The molecule has 2 rings (SSSR count). The summed E-state index contributed by atoms with van der Waals surface area (Å²) in [5.41, 5.74) is 0. The molecule has 17 heavy (non-hydrogen) atoms. The maximum Gasteiger partial charge on any atom is 0.237 e. The summed E-state index contributed by atoms with van der Waals surface area (Å²) in [4.78, 5) is 12.1. The van der Waals surface area contributed by atoms with Gasteiger partial charge in [-0.2, -0.15) is 0 Å². The first-order valence-electron chi connectivity index (χ1n) is 6.75. The Labute approximate surface area is 103 Å². The summed E-state index contributed by atoms with van der Waals surface area (Å²) < 4.78 is 5.26. The van der Waals surface area contributed by atoms with Gasteiger partial charge in [0.25, 0.3) is 0 Å². The van der Waals surface area contributed by atoms with Crippen molar-refractivity contribution in [3.05, 3.63) is 0 Å². The van der Waals surface area contributed by atoms with Crippen molar-refractivity contribution in [2.45, 2.75) is 57.2 Å². The van der Waals surface area contributed by atoms with E-state index < -0.39 is 0 Å². The number of carbonyl (C=O) groups is 1. The van der Waals surface area contributed by atoms with Crippen LogP contribution >= 0.6 is 0 Å². The molecule has 1 aliphatic heterocycles. The molecule has 4 heteroatoms. The molecule has 4 atom stereocenters. The van der Waals surface area contributed by atoms with E-state index >= 15 is 0 Å². The smallest absolute Gasteiger partial charge is 0.237 e. The summed E-state index contributed by atoms with van der Waals surface area (Å²) in [7, 11) is 1.70. The lowest BCUT2D eigenvalue weighted by Crippen LogP contribution is -2.46. The Bertz CT molecular complexity index is 270. The second kappa shape index (κ2) is 5.83. The Morgan fingerprint density at radius 1 is 1.35 bits per heavy atom. The van der Waals surface area contributed by atoms with Gasteiger partial charge in [0.15, 0.2) is 0 Å². The van der Waals surface area contributed by atoms with Crippen LogP contribution in [0, 0.1) is 5.92 Å². The number of methoxy groups -OCH3 is 1. The number of amides is 1. The van der Waals surface area contributed by atoms with Gasteiger partial charge in [-0.3, -0.25) is 4.79 Å².